The Labute approximate surface area is 162 Å². The van der Waals surface area contributed by atoms with Crippen LogP contribution in [-0.2, 0) is 16.1 Å². The Morgan fingerprint density at radius 1 is 1.07 bits per heavy atom. The first-order valence-corrected chi connectivity index (χ1v) is 9.36. The number of carbonyl (C=O) groups is 2. The molecule has 4 rings (SSSR count). The van der Waals surface area contributed by atoms with Crippen molar-refractivity contribution >= 4 is 22.8 Å². The van der Waals surface area contributed by atoms with Crippen molar-refractivity contribution in [1.29, 1.82) is 0 Å². The molecule has 1 N–H and O–H groups in total. The van der Waals surface area contributed by atoms with Gasteiger partial charge in [0.05, 0.1) is 24.7 Å². The van der Waals surface area contributed by atoms with E-state index in [-0.39, 0.29) is 12.3 Å². The van der Waals surface area contributed by atoms with Crippen LogP contribution in [0.25, 0.3) is 10.9 Å². The average Bonchev–Trinajstić information content (AvgIpc) is 3.06. The molecule has 2 heterocycles. The zero-order valence-electron chi connectivity index (χ0n) is 15.5. The molecule has 0 aliphatic carbocycles. The average molecular weight is 378 g/mol. The number of aliphatic carboxylic acids is 1. The van der Waals surface area contributed by atoms with E-state index in [1.807, 2.05) is 48.7 Å². The Morgan fingerprint density at radius 3 is 2.61 bits per heavy atom. The quantitative estimate of drug-likeness (QED) is 0.741. The van der Waals surface area contributed by atoms with Crippen LogP contribution < -0.4 is 0 Å². The molecule has 0 bridgehead atoms. The van der Waals surface area contributed by atoms with Crippen molar-refractivity contribution in [1.82, 2.24) is 9.47 Å². The molecule has 6 heteroatoms. The van der Waals surface area contributed by atoms with Crippen LogP contribution in [0.15, 0.2) is 60.8 Å². The molecule has 0 radical (unpaired) electrons. The summed E-state index contributed by atoms with van der Waals surface area (Å²) in [6.07, 6.45) is 1.34. The van der Waals surface area contributed by atoms with Gasteiger partial charge in [-0.25, -0.2) is 0 Å². The number of hydrogen-bond donors (Lipinski definition) is 1. The van der Waals surface area contributed by atoms with Gasteiger partial charge >= 0.3 is 5.97 Å². The Kier molecular flexibility index (Phi) is 5.12. The van der Waals surface area contributed by atoms with Gasteiger partial charge in [-0.3, -0.25) is 9.59 Å². The number of fused-ring (bicyclic) bond motifs is 1. The van der Waals surface area contributed by atoms with Gasteiger partial charge in [0.15, 0.2) is 0 Å². The SMILES string of the molecule is O=C(O)CC1CN(C(=O)c2cn(Cc3ccccc3)c3ccccc23)CCO1. The second-order valence-electron chi connectivity index (χ2n) is 7.02. The van der Waals surface area contributed by atoms with E-state index >= 15 is 0 Å². The fraction of sp³-hybridized carbons (Fsp3) is 0.273. The van der Waals surface area contributed by atoms with Crippen molar-refractivity contribution in [3.05, 3.63) is 71.9 Å². The lowest BCUT2D eigenvalue weighted by Crippen LogP contribution is -2.46. The third-order valence-electron chi connectivity index (χ3n) is 5.04. The fourth-order valence-corrected chi connectivity index (χ4v) is 3.72. The van der Waals surface area contributed by atoms with Gasteiger partial charge in [-0.05, 0) is 11.6 Å². The third-order valence-corrected chi connectivity index (χ3v) is 5.04. The first-order valence-electron chi connectivity index (χ1n) is 9.36. The number of carbonyl (C=O) groups excluding carboxylic acids is 1. The number of para-hydroxylation sites is 1. The maximum absolute atomic E-state index is 13.2. The lowest BCUT2D eigenvalue weighted by Gasteiger charge is -2.32. The van der Waals surface area contributed by atoms with Crippen molar-refractivity contribution in [3.8, 4) is 0 Å². The Bertz CT molecular complexity index is 996. The van der Waals surface area contributed by atoms with Gasteiger partial charge in [0.25, 0.3) is 5.91 Å². The lowest BCUT2D eigenvalue weighted by molar-refractivity contribution is -0.141. The summed E-state index contributed by atoms with van der Waals surface area (Å²) in [5, 5.41) is 9.91. The van der Waals surface area contributed by atoms with E-state index in [0.29, 0.717) is 31.8 Å². The normalized spacial score (nSPS) is 17.0. The minimum atomic E-state index is -0.918. The first kappa shape index (κ1) is 18.3. The van der Waals surface area contributed by atoms with E-state index in [1.165, 1.54) is 0 Å². The number of benzene rings is 2. The van der Waals surface area contributed by atoms with Gasteiger partial charge in [-0.1, -0.05) is 48.5 Å². The minimum absolute atomic E-state index is 0.0818. The number of nitrogens with zero attached hydrogens (tertiary/aromatic N) is 2. The number of carboxylic acid groups (broad SMARTS) is 1. The molecule has 0 spiro atoms. The van der Waals surface area contributed by atoms with E-state index in [4.69, 9.17) is 9.84 Å². The van der Waals surface area contributed by atoms with Crippen LogP contribution in [-0.4, -0.2) is 52.3 Å². The minimum Gasteiger partial charge on any atom is -0.481 e. The van der Waals surface area contributed by atoms with Crippen LogP contribution in [0.2, 0.25) is 0 Å². The fourth-order valence-electron chi connectivity index (χ4n) is 3.72. The van der Waals surface area contributed by atoms with Gasteiger partial charge in [-0.2, -0.15) is 0 Å². The molecule has 1 fully saturated rings. The molecule has 1 aliphatic heterocycles. The second kappa shape index (κ2) is 7.86. The molecular weight excluding hydrogens is 356 g/mol. The summed E-state index contributed by atoms with van der Waals surface area (Å²) in [7, 11) is 0. The summed E-state index contributed by atoms with van der Waals surface area (Å²) in [6, 6.07) is 18.0. The summed E-state index contributed by atoms with van der Waals surface area (Å²) in [6.45, 7) is 1.79. The molecule has 0 saturated carbocycles. The second-order valence-corrected chi connectivity index (χ2v) is 7.02. The Morgan fingerprint density at radius 2 is 1.82 bits per heavy atom. The van der Waals surface area contributed by atoms with Gasteiger partial charge in [0.2, 0.25) is 0 Å². The maximum Gasteiger partial charge on any atom is 0.306 e. The molecule has 1 aliphatic rings. The predicted molar refractivity (Wildman–Crippen MR) is 105 cm³/mol. The monoisotopic (exact) mass is 378 g/mol. The number of rotatable bonds is 5. The standard InChI is InChI=1S/C22H22N2O4/c25-21(26)12-17-14-23(10-11-28-17)22(27)19-15-24(13-16-6-2-1-3-7-16)20-9-5-4-8-18(19)20/h1-9,15,17H,10-14H2,(H,25,26). The zero-order chi connectivity index (χ0) is 19.5. The van der Waals surface area contributed by atoms with Gasteiger partial charge in [-0.15, -0.1) is 0 Å². The van der Waals surface area contributed by atoms with E-state index in [9.17, 15) is 9.59 Å². The predicted octanol–water partition coefficient (Wildman–Crippen LogP) is 3.01. The van der Waals surface area contributed by atoms with E-state index < -0.39 is 12.1 Å². The van der Waals surface area contributed by atoms with Crippen LogP contribution >= 0.6 is 0 Å². The molecule has 1 atom stereocenters. The van der Waals surface area contributed by atoms with Crippen LogP contribution in [0.1, 0.15) is 22.3 Å². The summed E-state index contributed by atoms with van der Waals surface area (Å²) in [4.78, 5) is 25.9. The number of hydrogen-bond acceptors (Lipinski definition) is 3. The number of amides is 1. The zero-order valence-corrected chi connectivity index (χ0v) is 15.5. The summed E-state index contributed by atoms with van der Waals surface area (Å²) < 4.78 is 7.59. The number of aromatic nitrogens is 1. The van der Waals surface area contributed by atoms with Crippen LogP contribution in [0.4, 0.5) is 0 Å². The summed E-state index contributed by atoms with van der Waals surface area (Å²) in [5.74, 6) is -1.000. The van der Waals surface area contributed by atoms with Crippen molar-refractivity contribution in [2.75, 3.05) is 19.7 Å². The number of ether oxygens (including phenoxy) is 1. The first-order chi connectivity index (χ1) is 13.6. The number of morpholine rings is 1. The molecule has 3 aromatic rings. The molecule has 2 aromatic carbocycles. The largest absolute Gasteiger partial charge is 0.481 e. The van der Waals surface area contributed by atoms with Gasteiger partial charge in [0, 0.05) is 36.7 Å². The molecule has 6 nitrogen and oxygen atoms in total. The van der Waals surface area contributed by atoms with Crippen molar-refractivity contribution in [3.63, 3.8) is 0 Å². The summed E-state index contributed by atoms with van der Waals surface area (Å²) >= 11 is 0. The maximum atomic E-state index is 13.2. The van der Waals surface area contributed by atoms with Crippen molar-refractivity contribution in [2.24, 2.45) is 0 Å². The van der Waals surface area contributed by atoms with Gasteiger partial charge in [0.1, 0.15) is 0 Å². The Hall–Kier alpha value is -3.12. The highest BCUT2D eigenvalue weighted by atomic mass is 16.5. The molecule has 144 valence electrons. The molecule has 1 amide bonds. The van der Waals surface area contributed by atoms with Crippen LogP contribution in [0, 0.1) is 0 Å². The van der Waals surface area contributed by atoms with Crippen molar-refractivity contribution < 1.29 is 19.4 Å². The third kappa shape index (κ3) is 3.77. The topological polar surface area (TPSA) is 71.8 Å². The van der Waals surface area contributed by atoms with E-state index in [2.05, 4.69) is 16.7 Å². The highest BCUT2D eigenvalue weighted by Gasteiger charge is 2.28. The van der Waals surface area contributed by atoms with Crippen molar-refractivity contribution in [2.45, 2.75) is 19.1 Å². The van der Waals surface area contributed by atoms with Gasteiger partial charge < -0.3 is 19.3 Å². The molecule has 1 unspecified atom stereocenters. The smallest absolute Gasteiger partial charge is 0.306 e. The van der Waals surface area contributed by atoms with Crippen LogP contribution in [0.5, 0.6) is 0 Å². The number of carboxylic acids is 1. The molecule has 1 aromatic heterocycles. The molecular formula is C22H22N2O4. The van der Waals surface area contributed by atoms with E-state index in [0.717, 1.165) is 16.5 Å². The molecule has 1 saturated heterocycles. The van der Waals surface area contributed by atoms with E-state index in [1.54, 1.807) is 4.90 Å². The van der Waals surface area contributed by atoms with Crippen LogP contribution in [0.3, 0.4) is 0 Å². The lowest BCUT2D eigenvalue weighted by atomic mass is 10.1. The molecule has 28 heavy (non-hydrogen) atoms. The summed E-state index contributed by atoms with van der Waals surface area (Å²) in [5.41, 5.74) is 2.81. The highest BCUT2D eigenvalue weighted by molar-refractivity contribution is 6.07. The Balaban J connectivity index is 1.63. The highest BCUT2D eigenvalue weighted by Crippen LogP contribution is 2.25.